The average molecular weight is 696 g/mol. The highest BCUT2D eigenvalue weighted by molar-refractivity contribution is 6.43. The van der Waals surface area contributed by atoms with E-state index in [1.807, 2.05) is 44.2 Å². The Balaban J connectivity index is 2.01. The molecule has 1 atom stereocenters. The van der Waals surface area contributed by atoms with E-state index in [4.69, 9.17) is 18.9 Å². The minimum absolute atomic E-state index is 0.0445. The van der Waals surface area contributed by atoms with Gasteiger partial charge >= 0.3 is 11.9 Å². The first-order valence-electron chi connectivity index (χ1n) is 16.4. The molecule has 268 valence electrons. The van der Waals surface area contributed by atoms with Gasteiger partial charge in [-0.05, 0) is 64.0 Å². The summed E-state index contributed by atoms with van der Waals surface area (Å²) in [4.78, 5) is 67.1. The summed E-state index contributed by atoms with van der Waals surface area (Å²) in [5.41, 5.74) is 2.98. The number of Topliss-reactive ketones (excluding diaryl/α,β-unsaturated/α-hetero) is 3. The smallest absolute Gasteiger partial charge is 0.355 e. The molecule has 1 unspecified atom stereocenters. The molecule has 51 heavy (non-hydrogen) atoms. The van der Waals surface area contributed by atoms with Crippen LogP contribution in [-0.2, 0) is 42.9 Å². The van der Waals surface area contributed by atoms with E-state index in [1.165, 1.54) is 20.3 Å². The van der Waals surface area contributed by atoms with Crippen molar-refractivity contribution in [2.45, 2.75) is 48.0 Å². The molecule has 0 aromatic carbocycles. The lowest BCUT2D eigenvalue weighted by molar-refractivity contribution is -0.148. The van der Waals surface area contributed by atoms with Crippen LogP contribution in [0.1, 0.15) is 48.0 Å². The van der Waals surface area contributed by atoms with Crippen molar-refractivity contribution < 1.29 is 42.9 Å². The maximum atomic E-state index is 13.5. The summed E-state index contributed by atoms with van der Waals surface area (Å²) in [5.74, 6) is -3.19. The summed E-state index contributed by atoms with van der Waals surface area (Å²) < 4.78 is 22.2. The van der Waals surface area contributed by atoms with Crippen molar-refractivity contribution in [3.63, 3.8) is 0 Å². The van der Waals surface area contributed by atoms with Gasteiger partial charge < -0.3 is 18.9 Å². The molecule has 1 amide bonds. The molecule has 3 rings (SSSR count). The van der Waals surface area contributed by atoms with Gasteiger partial charge in [-0.2, -0.15) is 0 Å². The molecule has 0 aromatic heterocycles. The van der Waals surface area contributed by atoms with Gasteiger partial charge in [-0.15, -0.1) is 0 Å². The Bertz CT molecular complexity index is 1830. The highest BCUT2D eigenvalue weighted by Crippen LogP contribution is 2.25. The number of fused-ring (bicyclic) bond motifs is 3. The van der Waals surface area contributed by atoms with Gasteiger partial charge in [-0.3, -0.25) is 24.1 Å². The topological polar surface area (TPSA) is 126 Å². The molecule has 0 aromatic rings. The van der Waals surface area contributed by atoms with Gasteiger partial charge in [0.2, 0.25) is 5.78 Å². The van der Waals surface area contributed by atoms with Crippen LogP contribution in [0.4, 0.5) is 0 Å². The van der Waals surface area contributed by atoms with Crippen LogP contribution in [0.15, 0.2) is 142 Å². The molecule has 0 aliphatic carbocycles. The van der Waals surface area contributed by atoms with Gasteiger partial charge in [-0.1, -0.05) is 78.8 Å². The van der Waals surface area contributed by atoms with Crippen molar-refractivity contribution in [1.82, 2.24) is 4.90 Å². The Morgan fingerprint density at radius 3 is 2.22 bits per heavy atom. The van der Waals surface area contributed by atoms with E-state index in [9.17, 15) is 24.0 Å². The predicted molar refractivity (Wildman–Crippen MR) is 194 cm³/mol. The summed E-state index contributed by atoms with van der Waals surface area (Å²) in [6.45, 7) is 10.2. The number of hydrogen-bond acceptors (Lipinski definition) is 9. The first-order chi connectivity index (χ1) is 24.3. The van der Waals surface area contributed by atoms with Crippen LogP contribution in [0, 0.1) is 5.92 Å². The van der Waals surface area contributed by atoms with Gasteiger partial charge in [0.1, 0.15) is 23.0 Å². The lowest BCUT2D eigenvalue weighted by Crippen LogP contribution is -2.41. The van der Waals surface area contributed by atoms with Crippen LogP contribution in [0.5, 0.6) is 0 Å². The van der Waals surface area contributed by atoms with Crippen LogP contribution >= 0.6 is 0 Å². The normalized spacial score (nSPS) is 20.8. The molecule has 0 saturated carbocycles. The van der Waals surface area contributed by atoms with Crippen molar-refractivity contribution >= 4 is 29.2 Å². The minimum Gasteiger partial charge on any atom is -0.496 e. The lowest BCUT2D eigenvalue weighted by atomic mass is 10.00. The van der Waals surface area contributed by atoms with Crippen LogP contribution in [0.3, 0.4) is 0 Å². The molecule has 3 heterocycles. The number of carbonyl (C=O) groups is 5. The van der Waals surface area contributed by atoms with Crippen molar-refractivity contribution in [2.75, 3.05) is 27.4 Å². The van der Waals surface area contributed by atoms with E-state index < -0.39 is 23.6 Å². The number of esters is 1. The first-order valence-corrected chi connectivity index (χ1v) is 16.4. The molecule has 3 aliphatic heterocycles. The SMILES string of the molecule is COC1=CC(C)=CC(C)C(=O)CCOC(=O)C2=CC=CCN2C(=O)C(=O)C2=C(C)C=CC(=CC(OC)=C(C)C=CC=CC=C(C)C=C(C)C1=O)O2. The van der Waals surface area contributed by atoms with E-state index in [2.05, 4.69) is 0 Å². The van der Waals surface area contributed by atoms with E-state index in [1.54, 1.807) is 76.3 Å². The Labute approximate surface area is 299 Å². The standard InChI is InChI=1S/C41H45NO9/c1-26-14-10-9-11-15-28(3)35(48-7)25-32-18-17-29(4)39(51-32)38(45)40(46)42-20-13-12-16-33(42)41(47)50-21-19-34(43)30(5)23-27(2)24-36(49-8)37(44)31(6)22-26/h9-18,22-25,30H,19-21H2,1-8H3. The number of rotatable bonds is 2. The van der Waals surface area contributed by atoms with Gasteiger partial charge in [0, 0.05) is 30.5 Å². The zero-order chi connectivity index (χ0) is 37.7. The second kappa shape index (κ2) is 18.8. The molecule has 0 fully saturated rings. The zero-order valence-electron chi connectivity index (χ0n) is 30.4. The molecule has 0 spiro atoms. The summed E-state index contributed by atoms with van der Waals surface area (Å²) in [6.07, 6.45) is 23.6. The predicted octanol–water partition coefficient (Wildman–Crippen LogP) is 6.71. The third-order valence-electron chi connectivity index (χ3n) is 7.92. The minimum atomic E-state index is -0.981. The summed E-state index contributed by atoms with van der Waals surface area (Å²) >= 11 is 0. The fourth-order valence-corrected chi connectivity index (χ4v) is 5.09. The monoisotopic (exact) mass is 695 g/mol. The number of hydrogen-bond donors (Lipinski definition) is 0. The van der Waals surface area contributed by atoms with Crippen LogP contribution in [0.2, 0.25) is 0 Å². The van der Waals surface area contributed by atoms with Crippen LogP contribution < -0.4 is 0 Å². The molecular formula is C41H45NO9. The third kappa shape index (κ3) is 11.1. The highest BCUT2D eigenvalue weighted by atomic mass is 16.5. The molecule has 0 N–H and O–H groups in total. The van der Waals surface area contributed by atoms with Gasteiger partial charge in [0.15, 0.2) is 11.5 Å². The Kier molecular flexibility index (Phi) is 14.7. The third-order valence-corrected chi connectivity index (χ3v) is 7.92. The largest absolute Gasteiger partial charge is 0.496 e. The number of allylic oxidation sites excluding steroid dienone is 18. The Hall–Kier alpha value is -5.77. The number of ether oxygens (including phenoxy) is 4. The van der Waals surface area contributed by atoms with Gasteiger partial charge in [0.05, 0.1) is 20.8 Å². The second-order valence-electron chi connectivity index (χ2n) is 12.0. The Morgan fingerprint density at radius 2 is 1.51 bits per heavy atom. The zero-order valence-corrected chi connectivity index (χ0v) is 30.4. The number of carbonyl (C=O) groups excluding carboxylic acids is 5. The number of methoxy groups -OCH3 is 2. The number of amides is 1. The number of nitrogens with zero attached hydrogens (tertiary/aromatic N) is 1. The maximum Gasteiger partial charge on any atom is 0.355 e. The maximum absolute atomic E-state index is 13.5. The van der Waals surface area contributed by atoms with Crippen molar-refractivity contribution in [3.8, 4) is 0 Å². The summed E-state index contributed by atoms with van der Waals surface area (Å²) in [6, 6.07) is 0. The van der Waals surface area contributed by atoms with E-state index in [0.29, 0.717) is 22.5 Å². The lowest BCUT2D eigenvalue weighted by Gasteiger charge is -2.25. The van der Waals surface area contributed by atoms with Gasteiger partial charge in [-0.25, -0.2) is 4.79 Å². The molecular weight excluding hydrogens is 650 g/mol. The van der Waals surface area contributed by atoms with Crippen LogP contribution in [-0.4, -0.2) is 61.5 Å². The molecule has 10 nitrogen and oxygen atoms in total. The quantitative estimate of drug-likeness (QED) is 0.229. The van der Waals surface area contributed by atoms with Crippen molar-refractivity contribution in [2.24, 2.45) is 5.92 Å². The molecule has 0 radical (unpaired) electrons. The molecule has 3 aliphatic rings. The molecule has 2 bridgehead atoms. The fourth-order valence-electron chi connectivity index (χ4n) is 5.09. The number of cyclic esters (lactones) is 1. The van der Waals surface area contributed by atoms with Crippen LogP contribution in [0.25, 0.3) is 0 Å². The summed E-state index contributed by atoms with van der Waals surface area (Å²) in [7, 11) is 2.91. The second-order valence-corrected chi connectivity index (χ2v) is 12.0. The molecule has 0 saturated heterocycles. The first kappa shape index (κ1) is 39.7. The average Bonchev–Trinajstić information content (AvgIpc) is 3.11. The molecule has 10 heteroatoms. The van der Waals surface area contributed by atoms with Gasteiger partial charge in [0.25, 0.3) is 5.78 Å². The fraction of sp³-hybridized carbons (Fsp3) is 0.293. The van der Waals surface area contributed by atoms with E-state index in [-0.39, 0.29) is 54.1 Å². The van der Waals surface area contributed by atoms with Crippen molar-refractivity contribution in [1.29, 1.82) is 0 Å². The number of ketones is 3. The van der Waals surface area contributed by atoms with Crippen molar-refractivity contribution in [3.05, 3.63) is 142 Å². The Morgan fingerprint density at radius 1 is 0.765 bits per heavy atom. The van der Waals surface area contributed by atoms with E-state index in [0.717, 1.165) is 16.0 Å². The van der Waals surface area contributed by atoms with E-state index >= 15 is 0 Å². The highest BCUT2D eigenvalue weighted by Gasteiger charge is 2.34. The summed E-state index contributed by atoms with van der Waals surface area (Å²) in [5, 5.41) is 0.